The fourth-order valence-corrected chi connectivity index (χ4v) is 5.93. The van der Waals surface area contributed by atoms with Crippen LogP contribution in [0.2, 0.25) is 5.02 Å². The van der Waals surface area contributed by atoms with Crippen molar-refractivity contribution in [3.05, 3.63) is 73.8 Å². The molecular weight excluding hydrogens is 501 g/mol. The van der Waals surface area contributed by atoms with E-state index in [-0.39, 0.29) is 35.1 Å². The molecule has 0 saturated carbocycles. The SMILES string of the molecule is [2H]C([2H])([2H])C1(O)CCOc2c(S(=O)(=O)N[C@H](c3n[nH]c(=O)o3)[C@H](C)c3c(F)ccc(C)c3C)ccc(Cl)c21. The monoisotopic (exact) mass is 528 g/mol. The molecule has 9 nitrogen and oxygen atoms in total. The highest BCUT2D eigenvalue weighted by Gasteiger charge is 2.39. The maximum Gasteiger partial charge on any atom is 0.434 e. The Morgan fingerprint density at radius 1 is 1.34 bits per heavy atom. The van der Waals surface area contributed by atoms with Crippen LogP contribution in [-0.2, 0) is 15.6 Å². The number of sulfonamides is 1. The van der Waals surface area contributed by atoms with E-state index in [1.54, 1.807) is 19.9 Å². The summed E-state index contributed by atoms with van der Waals surface area (Å²) in [7, 11) is -4.61. The summed E-state index contributed by atoms with van der Waals surface area (Å²) in [5.74, 6) is -3.26. The van der Waals surface area contributed by atoms with E-state index in [1.807, 2.05) is 0 Å². The summed E-state index contributed by atoms with van der Waals surface area (Å²) in [6.07, 6.45) is -0.350. The zero-order valence-electron chi connectivity index (χ0n) is 22.0. The van der Waals surface area contributed by atoms with Gasteiger partial charge in [0.1, 0.15) is 22.5 Å². The van der Waals surface area contributed by atoms with Crippen LogP contribution in [-0.4, -0.2) is 30.3 Å². The third-order valence-corrected chi connectivity index (χ3v) is 7.95. The van der Waals surface area contributed by atoms with Gasteiger partial charge in [-0.3, -0.25) is 0 Å². The van der Waals surface area contributed by atoms with E-state index in [1.165, 1.54) is 13.0 Å². The molecule has 0 spiro atoms. The number of aliphatic hydroxyl groups is 1. The molecule has 3 N–H and O–H groups in total. The zero-order chi connectivity index (χ0) is 28.2. The second-order valence-corrected chi connectivity index (χ2v) is 10.5. The van der Waals surface area contributed by atoms with Crippen LogP contribution < -0.4 is 15.2 Å². The van der Waals surface area contributed by atoms with Gasteiger partial charge in [-0.25, -0.2) is 22.7 Å². The van der Waals surface area contributed by atoms with Gasteiger partial charge in [0.05, 0.1) is 17.2 Å². The number of aromatic amines is 1. The standard InChI is InChI=1S/C23H25ClFN3O6S/c1-11-5-7-15(25)17(12(11)2)13(3)19(21-26-27-22(29)34-21)28-35(31,32)16-8-6-14(24)18-20(16)33-10-9-23(18,4)30/h5-8,13,19,28,30H,9-10H2,1-4H3,(H,27,29)/t13-,19+,23?/m1/s1/i4D3. The minimum Gasteiger partial charge on any atom is -0.492 e. The first kappa shape index (κ1) is 21.5. The maximum atomic E-state index is 15.0. The number of hydrogen-bond acceptors (Lipinski definition) is 7. The molecule has 188 valence electrons. The lowest BCUT2D eigenvalue weighted by Crippen LogP contribution is -2.35. The first-order valence-corrected chi connectivity index (χ1v) is 12.5. The molecule has 0 saturated heterocycles. The smallest absolute Gasteiger partial charge is 0.434 e. The Labute approximate surface area is 210 Å². The van der Waals surface area contributed by atoms with Crippen molar-refractivity contribution in [1.29, 1.82) is 0 Å². The molecule has 0 radical (unpaired) electrons. The van der Waals surface area contributed by atoms with Gasteiger partial charge in [-0.2, -0.15) is 4.72 Å². The molecule has 2 heterocycles. The van der Waals surface area contributed by atoms with E-state index in [2.05, 4.69) is 14.9 Å². The van der Waals surface area contributed by atoms with Crippen LogP contribution in [0.4, 0.5) is 4.39 Å². The topological polar surface area (TPSA) is 135 Å². The summed E-state index contributed by atoms with van der Waals surface area (Å²) in [6.45, 7) is 1.74. The Kier molecular flexibility index (Phi) is 5.57. The summed E-state index contributed by atoms with van der Waals surface area (Å²) >= 11 is 6.23. The number of rotatable bonds is 6. The zero-order valence-corrected chi connectivity index (χ0v) is 20.6. The molecule has 1 aromatic heterocycles. The molecule has 4 rings (SSSR count). The van der Waals surface area contributed by atoms with Crippen molar-refractivity contribution in [3.8, 4) is 5.75 Å². The van der Waals surface area contributed by atoms with Crippen molar-refractivity contribution in [3.63, 3.8) is 0 Å². The predicted molar refractivity (Wildman–Crippen MR) is 126 cm³/mol. The molecule has 0 fully saturated rings. The van der Waals surface area contributed by atoms with Crippen LogP contribution in [0.3, 0.4) is 0 Å². The predicted octanol–water partition coefficient (Wildman–Crippen LogP) is 3.59. The fraction of sp³-hybridized carbons (Fsp3) is 0.391. The van der Waals surface area contributed by atoms with Gasteiger partial charge >= 0.3 is 5.76 Å². The number of hydrogen-bond donors (Lipinski definition) is 3. The Bertz CT molecular complexity index is 1560. The number of aromatic nitrogens is 2. The Morgan fingerprint density at radius 3 is 2.74 bits per heavy atom. The van der Waals surface area contributed by atoms with E-state index >= 15 is 0 Å². The molecule has 1 unspecified atom stereocenters. The van der Waals surface area contributed by atoms with E-state index < -0.39 is 56.7 Å². The molecule has 3 atom stereocenters. The average Bonchev–Trinajstić information content (AvgIpc) is 3.25. The summed E-state index contributed by atoms with van der Waals surface area (Å²) in [5.41, 5.74) is -1.36. The van der Waals surface area contributed by atoms with Gasteiger partial charge in [-0.1, -0.05) is 24.6 Å². The second-order valence-electron chi connectivity index (χ2n) is 8.45. The minimum absolute atomic E-state index is 0.175. The molecule has 3 aromatic rings. The number of benzene rings is 2. The fourth-order valence-electron chi connectivity index (χ4n) is 4.21. The number of nitrogens with one attached hydrogen (secondary N) is 2. The van der Waals surface area contributed by atoms with E-state index in [0.29, 0.717) is 5.56 Å². The minimum atomic E-state index is -4.61. The highest BCUT2D eigenvalue weighted by molar-refractivity contribution is 7.89. The Morgan fingerprint density at radius 2 is 2.09 bits per heavy atom. The van der Waals surface area contributed by atoms with Crippen LogP contribution in [0.25, 0.3) is 0 Å². The van der Waals surface area contributed by atoms with Gasteiger partial charge in [-0.05, 0) is 55.6 Å². The van der Waals surface area contributed by atoms with Crippen molar-refractivity contribution in [2.24, 2.45) is 0 Å². The van der Waals surface area contributed by atoms with Gasteiger partial charge in [0, 0.05) is 22.0 Å². The number of H-pyrrole nitrogens is 1. The highest BCUT2D eigenvalue weighted by Crippen LogP contribution is 2.45. The summed E-state index contributed by atoms with van der Waals surface area (Å²) < 4.78 is 78.9. The average molecular weight is 529 g/mol. The lowest BCUT2D eigenvalue weighted by Gasteiger charge is -2.33. The highest BCUT2D eigenvalue weighted by atomic mass is 35.5. The molecule has 0 aliphatic carbocycles. The van der Waals surface area contributed by atoms with Gasteiger partial charge < -0.3 is 14.3 Å². The number of nitrogens with zero attached hydrogens (tertiary/aromatic N) is 1. The van der Waals surface area contributed by atoms with Gasteiger partial charge in [0.25, 0.3) is 0 Å². The quantitative estimate of drug-likeness (QED) is 0.445. The molecule has 2 aromatic carbocycles. The summed E-state index contributed by atoms with van der Waals surface area (Å²) in [5, 5.41) is 16.7. The lowest BCUT2D eigenvalue weighted by atomic mass is 9.88. The molecule has 12 heteroatoms. The maximum absolute atomic E-state index is 15.0. The van der Waals surface area contributed by atoms with Crippen molar-refractivity contribution in [2.75, 3.05) is 6.61 Å². The molecule has 0 bridgehead atoms. The van der Waals surface area contributed by atoms with Crippen LogP contribution in [0.15, 0.2) is 38.4 Å². The molecule has 1 aliphatic rings. The van der Waals surface area contributed by atoms with E-state index in [0.717, 1.165) is 17.7 Å². The van der Waals surface area contributed by atoms with Crippen LogP contribution in [0.5, 0.6) is 5.75 Å². The van der Waals surface area contributed by atoms with Crippen LogP contribution >= 0.6 is 11.6 Å². The summed E-state index contributed by atoms with van der Waals surface area (Å²) in [6, 6.07) is 3.68. The lowest BCUT2D eigenvalue weighted by molar-refractivity contribution is 0.0135. The van der Waals surface area contributed by atoms with E-state index in [4.69, 9.17) is 24.9 Å². The molecular formula is C23H25ClFN3O6S. The van der Waals surface area contributed by atoms with Crippen molar-refractivity contribution in [2.45, 2.75) is 56.5 Å². The molecule has 35 heavy (non-hydrogen) atoms. The number of fused-ring (bicyclic) bond motifs is 1. The van der Waals surface area contributed by atoms with E-state index in [9.17, 15) is 22.7 Å². The van der Waals surface area contributed by atoms with Gasteiger partial charge in [0.2, 0.25) is 15.9 Å². The first-order chi connectivity index (χ1) is 17.6. The Hall–Kier alpha value is -2.73. The number of halogens is 2. The molecule has 1 aliphatic heterocycles. The summed E-state index contributed by atoms with van der Waals surface area (Å²) in [4.78, 5) is 11.2. The third-order valence-electron chi connectivity index (χ3n) is 6.17. The van der Waals surface area contributed by atoms with Gasteiger partial charge in [-0.15, -0.1) is 5.10 Å². The van der Waals surface area contributed by atoms with Crippen LogP contribution in [0.1, 0.15) is 64.4 Å². The third kappa shape index (κ3) is 4.61. The molecule has 0 amide bonds. The van der Waals surface area contributed by atoms with Crippen molar-refractivity contribution < 1.29 is 31.2 Å². The first-order valence-electron chi connectivity index (χ1n) is 12.1. The Balaban J connectivity index is 1.86. The number of ether oxygens (including phenoxy) is 1. The van der Waals surface area contributed by atoms with Crippen LogP contribution in [0, 0.1) is 19.7 Å². The second kappa shape index (κ2) is 9.05. The largest absolute Gasteiger partial charge is 0.492 e. The van der Waals surface area contributed by atoms with Gasteiger partial charge in [0.15, 0.2) is 0 Å². The normalized spacial score (nSPS) is 21.3. The number of aryl methyl sites for hydroxylation is 1. The van der Waals surface area contributed by atoms with Crippen molar-refractivity contribution >= 4 is 21.6 Å². The van der Waals surface area contributed by atoms with Crippen molar-refractivity contribution in [1.82, 2.24) is 14.9 Å².